The third-order valence-electron chi connectivity index (χ3n) is 6.26. The summed E-state index contributed by atoms with van der Waals surface area (Å²) in [6, 6.07) is 7.80. The summed E-state index contributed by atoms with van der Waals surface area (Å²) in [4.78, 5) is 23.7. The molecule has 200 valence electrons. The van der Waals surface area contributed by atoms with Crippen molar-refractivity contribution in [3.05, 3.63) is 59.7 Å². The molecule has 0 bridgehead atoms. The van der Waals surface area contributed by atoms with Gasteiger partial charge in [0.15, 0.2) is 0 Å². The first kappa shape index (κ1) is 26.5. The number of nitrogens with one attached hydrogen (secondary N) is 2. The van der Waals surface area contributed by atoms with Crippen LogP contribution in [0.3, 0.4) is 0 Å². The van der Waals surface area contributed by atoms with E-state index in [4.69, 9.17) is 21.1 Å². The van der Waals surface area contributed by atoms with Crippen molar-refractivity contribution in [3.63, 3.8) is 0 Å². The van der Waals surface area contributed by atoms with Gasteiger partial charge in [-0.15, -0.1) is 0 Å². The lowest BCUT2D eigenvalue weighted by molar-refractivity contribution is -0.111. The molecule has 0 spiro atoms. The maximum Gasteiger partial charge on any atom is 0.248 e. The van der Waals surface area contributed by atoms with Crippen LogP contribution in [0.1, 0.15) is 6.42 Å². The van der Waals surface area contributed by atoms with Gasteiger partial charge < -0.3 is 20.1 Å². The molecule has 0 saturated carbocycles. The molecule has 2 aliphatic rings. The van der Waals surface area contributed by atoms with Crippen molar-refractivity contribution in [3.8, 4) is 5.75 Å². The molecule has 1 atom stereocenters. The summed E-state index contributed by atoms with van der Waals surface area (Å²) in [7, 11) is -0.743. The highest BCUT2D eigenvalue weighted by Gasteiger charge is 2.21. The number of carbonyl (C=O) groups is 1. The highest BCUT2D eigenvalue weighted by atomic mass is 35.5. The van der Waals surface area contributed by atoms with Crippen LogP contribution in [-0.4, -0.2) is 75.4 Å². The number of carbonyl (C=O) groups excluding carboxylic acids is 1. The van der Waals surface area contributed by atoms with E-state index in [1.807, 2.05) is 0 Å². The number of nitrogens with zero attached hydrogens (tertiary/aromatic N) is 3. The molecular weight excluding hydrogens is 533 g/mol. The van der Waals surface area contributed by atoms with Gasteiger partial charge in [-0.2, -0.15) is 0 Å². The number of halogens is 2. The molecule has 1 unspecified atom stereocenters. The topological polar surface area (TPSA) is 106 Å². The van der Waals surface area contributed by atoms with Crippen LogP contribution in [0.2, 0.25) is 5.02 Å². The van der Waals surface area contributed by atoms with E-state index in [-0.39, 0.29) is 17.0 Å². The van der Waals surface area contributed by atoms with E-state index in [1.165, 1.54) is 24.5 Å². The van der Waals surface area contributed by atoms with Crippen LogP contribution in [0.5, 0.6) is 5.75 Å². The lowest BCUT2D eigenvalue weighted by Crippen LogP contribution is -2.37. The van der Waals surface area contributed by atoms with E-state index < -0.39 is 16.6 Å². The van der Waals surface area contributed by atoms with Gasteiger partial charge in [0.05, 0.1) is 29.4 Å². The summed E-state index contributed by atoms with van der Waals surface area (Å²) in [6.45, 7) is 3.18. The third kappa shape index (κ3) is 6.65. The van der Waals surface area contributed by atoms with E-state index in [1.54, 1.807) is 24.3 Å². The van der Waals surface area contributed by atoms with Crippen LogP contribution in [0, 0.1) is 5.82 Å². The van der Waals surface area contributed by atoms with Gasteiger partial charge in [0, 0.05) is 71.6 Å². The molecule has 3 heterocycles. The first-order chi connectivity index (χ1) is 18.4. The molecule has 0 radical (unpaired) electrons. The molecule has 2 fully saturated rings. The first-order valence-electron chi connectivity index (χ1n) is 12.2. The molecule has 5 rings (SSSR count). The quantitative estimate of drug-likeness (QED) is 0.400. The van der Waals surface area contributed by atoms with Gasteiger partial charge in [0.2, 0.25) is 5.91 Å². The van der Waals surface area contributed by atoms with Crippen LogP contribution >= 0.6 is 11.6 Å². The molecule has 2 saturated heterocycles. The van der Waals surface area contributed by atoms with Gasteiger partial charge in [-0.25, -0.2) is 14.4 Å². The number of hydrogen-bond donors (Lipinski definition) is 2. The van der Waals surface area contributed by atoms with Gasteiger partial charge in [-0.1, -0.05) is 17.7 Å². The zero-order valence-corrected chi connectivity index (χ0v) is 22.1. The van der Waals surface area contributed by atoms with Crippen molar-refractivity contribution in [2.45, 2.75) is 12.5 Å². The highest BCUT2D eigenvalue weighted by Crippen LogP contribution is 2.35. The Balaban J connectivity index is 1.39. The Morgan fingerprint density at radius 1 is 1.26 bits per heavy atom. The Morgan fingerprint density at radius 2 is 2.11 bits per heavy atom. The van der Waals surface area contributed by atoms with Crippen LogP contribution in [-0.2, 0) is 20.3 Å². The number of anilines is 3. The summed E-state index contributed by atoms with van der Waals surface area (Å²) >= 11 is 5.94. The fourth-order valence-corrected chi connectivity index (χ4v) is 5.52. The lowest BCUT2D eigenvalue weighted by Gasteiger charge is -2.24. The molecule has 2 aromatic carbocycles. The van der Waals surface area contributed by atoms with E-state index in [9.17, 15) is 13.4 Å². The number of fused-ring (bicyclic) bond motifs is 1. The van der Waals surface area contributed by atoms with E-state index in [0.717, 1.165) is 19.5 Å². The van der Waals surface area contributed by atoms with Crippen LogP contribution < -0.4 is 15.4 Å². The van der Waals surface area contributed by atoms with Crippen molar-refractivity contribution < 1.29 is 22.9 Å². The zero-order chi connectivity index (χ0) is 26.5. The second-order valence-corrected chi connectivity index (χ2v) is 11.1. The van der Waals surface area contributed by atoms with Gasteiger partial charge in [0.25, 0.3) is 0 Å². The highest BCUT2D eigenvalue weighted by molar-refractivity contribution is 7.85. The zero-order valence-electron chi connectivity index (χ0n) is 20.5. The van der Waals surface area contributed by atoms with Crippen LogP contribution in [0.25, 0.3) is 10.9 Å². The maximum atomic E-state index is 13.6. The third-order valence-corrected chi connectivity index (χ3v) is 7.83. The van der Waals surface area contributed by atoms with Crippen molar-refractivity contribution in [2.75, 3.05) is 55.0 Å². The Morgan fingerprint density at radius 3 is 2.87 bits per heavy atom. The molecule has 0 aliphatic carbocycles. The fourth-order valence-electron chi connectivity index (χ4n) is 4.22. The molecular formula is C26H27ClFN5O4S. The molecule has 2 aliphatic heterocycles. The fraction of sp³-hybridized carbons (Fsp3) is 0.346. The summed E-state index contributed by atoms with van der Waals surface area (Å²) < 4.78 is 36.8. The number of aromatic nitrogens is 2. The Labute approximate surface area is 226 Å². The number of ether oxygens (including phenoxy) is 2. The predicted molar refractivity (Wildman–Crippen MR) is 146 cm³/mol. The average Bonchev–Trinajstić information content (AvgIpc) is 3.41. The van der Waals surface area contributed by atoms with Gasteiger partial charge >= 0.3 is 0 Å². The maximum absolute atomic E-state index is 13.6. The normalized spacial score (nSPS) is 18.7. The Bertz CT molecular complexity index is 1380. The second-order valence-electron chi connectivity index (χ2n) is 8.99. The van der Waals surface area contributed by atoms with Gasteiger partial charge in [-0.05, 0) is 24.3 Å². The molecule has 3 aromatic rings. The van der Waals surface area contributed by atoms with Crippen molar-refractivity contribution in [2.24, 2.45) is 0 Å². The average molecular weight is 560 g/mol. The number of benzene rings is 2. The lowest BCUT2D eigenvalue weighted by atomic mass is 10.1. The molecule has 2 N–H and O–H groups in total. The van der Waals surface area contributed by atoms with Crippen molar-refractivity contribution >= 4 is 56.4 Å². The van der Waals surface area contributed by atoms with Crippen molar-refractivity contribution in [1.29, 1.82) is 0 Å². The monoisotopic (exact) mass is 559 g/mol. The Hall–Kier alpha value is -3.12. The minimum absolute atomic E-state index is 0.0135. The SMILES string of the molecule is O=C(C=CCN1CCS(=O)CC1)Nc1cc2c(Nc3ccc(F)c(Cl)c3)ncnc2cc1OC1CCOC1. The Kier molecular flexibility index (Phi) is 8.48. The molecule has 1 aromatic heterocycles. The minimum Gasteiger partial charge on any atom is -0.486 e. The van der Waals surface area contributed by atoms with E-state index in [2.05, 4.69) is 25.5 Å². The number of hydrogen-bond acceptors (Lipinski definition) is 8. The van der Waals surface area contributed by atoms with Crippen molar-refractivity contribution in [1.82, 2.24) is 14.9 Å². The molecule has 38 heavy (non-hydrogen) atoms. The smallest absolute Gasteiger partial charge is 0.248 e. The number of rotatable bonds is 8. The molecule has 9 nitrogen and oxygen atoms in total. The van der Waals surface area contributed by atoms with E-state index in [0.29, 0.717) is 65.1 Å². The van der Waals surface area contributed by atoms with Crippen LogP contribution in [0.4, 0.5) is 21.6 Å². The standard InChI is InChI=1S/C26H27ClFN5O4S/c27-20-12-17(3-4-21(20)28)31-26-19-13-23(32-25(34)2-1-6-33-7-10-38(35)11-8-33)24(14-22(19)29-16-30-26)37-18-5-9-36-15-18/h1-4,12-14,16,18H,5-11,15H2,(H,32,34)(H,29,30,31). The van der Waals surface area contributed by atoms with E-state index >= 15 is 0 Å². The first-order valence-corrected chi connectivity index (χ1v) is 14.1. The molecule has 12 heteroatoms. The summed E-state index contributed by atoms with van der Waals surface area (Å²) in [5, 5.41) is 6.68. The van der Waals surface area contributed by atoms with Crippen LogP contribution in [0.15, 0.2) is 48.8 Å². The summed E-state index contributed by atoms with van der Waals surface area (Å²) in [5.74, 6) is 1.42. The number of amides is 1. The van der Waals surface area contributed by atoms with Gasteiger partial charge in [0.1, 0.15) is 29.8 Å². The summed E-state index contributed by atoms with van der Waals surface area (Å²) in [6.07, 6.45) is 5.30. The predicted octanol–water partition coefficient (Wildman–Crippen LogP) is 3.89. The van der Waals surface area contributed by atoms with Gasteiger partial charge in [-0.3, -0.25) is 13.9 Å². The second kappa shape index (κ2) is 12.2. The summed E-state index contributed by atoms with van der Waals surface area (Å²) in [5.41, 5.74) is 1.61. The largest absolute Gasteiger partial charge is 0.486 e. The minimum atomic E-state index is -0.743. The molecule has 1 amide bonds.